The van der Waals surface area contributed by atoms with E-state index in [0.717, 1.165) is 2.88 Å². The summed E-state index contributed by atoms with van der Waals surface area (Å²) in [7, 11) is 0. The Labute approximate surface area is 105 Å². The van der Waals surface area contributed by atoms with Gasteiger partial charge in [-0.2, -0.15) is 0 Å². The zero-order chi connectivity index (χ0) is 10.8. The van der Waals surface area contributed by atoms with Crippen LogP contribution in [-0.2, 0) is 4.79 Å². The number of hydrogen-bond acceptors (Lipinski definition) is 3. The largest absolute Gasteiger partial charge is 0.354 e. The van der Waals surface area contributed by atoms with Crippen molar-refractivity contribution in [1.82, 2.24) is 10.6 Å². The predicted molar refractivity (Wildman–Crippen MR) is 65.9 cm³/mol. The molecule has 80 valence electrons. The van der Waals surface area contributed by atoms with Crippen LogP contribution < -0.4 is 10.6 Å². The molecule has 0 radical (unpaired) electrons. The van der Waals surface area contributed by atoms with E-state index in [1.807, 2.05) is 11.4 Å². The first-order valence-electron chi connectivity index (χ1n) is 4.47. The van der Waals surface area contributed by atoms with Crippen LogP contribution >= 0.6 is 33.9 Å². The summed E-state index contributed by atoms with van der Waals surface area (Å²) in [4.78, 5) is 22.6. The van der Waals surface area contributed by atoms with Crippen LogP contribution in [0.3, 0.4) is 0 Å². The number of carbonyl (C=O) groups is 2. The molecule has 1 aliphatic rings. The SMILES string of the molecule is O=C1CC(NC(=O)c2csc(I)c2)CN1. The third-order valence-corrected chi connectivity index (χ3v) is 3.93. The minimum absolute atomic E-state index is 0.000184. The van der Waals surface area contributed by atoms with Crippen molar-refractivity contribution in [1.29, 1.82) is 0 Å². The molecule has 6 heteroatoms. The Morgan fingerprint density at radius 1 is 1.67 bits per heavy atom. The number of thiophene rings is 1. The molecule has 1 atom stereocenters. The van der Waals surface area contributed by atoms with Gasteiger partial charge in [0.05, 0.1) is 14.5 Å². The van der Waals surface area contributed by atoms with Crippen molar-refractivity contribution >= 4 is 45.7 Å². The molecule has 1 saturated heterocycles. The third kappa shape index (κ3) is 2.69. The van der Waals surface area contributed by atoms with Crippen LogP contribution in [0.5, 0.6) is 0 Å². The zero-order valence-electron chi connectivity index (χ0n) is 7.75. The quantitative estimate of drug-likeness (QED) is 0.791. The lowest BCUT2D eigenvalue weighted by atomic mass is 10.2. The first-order chi connectivity index (χ1) is 7.15. The average molecular weight is 336 g/mol. The van der Waals surface area contributed by atoms with Crippen LogP contribution in [0.4, 0.5) is 0 Å². The van der Waals surface area contributed by atoms with Crippen molar-refractivity contribution in [2.75, 3.05) is 6.54 Å². The van der Waals surface area contributed by atoms with E-state index in [4.69, 9.17) is 0 Å². The molecule has 4 nitrogen and oxygen atoms in total. The molecule has 0 saturated carbocycles. The van der Waals surface area contributed by atoms with E-state index in [9.17, 15) is 9.59 Å². The number of rotatable bonds is 2. The standard InChI is InChI=1S/C9H9IN2O2S/c10-7-1-5(4-15-7)9(14)12-6-2-8(13)11-3-6/h1,4,6H,2-3H2,(H,11,13)(H,12,14). The van der Waals surface area contributed by atoms with Crippen molar-refractivity contribution in [3.63, 3.8) is 0 Å². The van der Waals surface area contributed by atoms with Crippen LogP contribution in [0, 0.1) is 2.88 Å². The van der Waals surface area contributed by atoms with Gasteiger partial charge in [-0.3, -0.25) is 9.59 Å². The Bertz CT molecular complexity index is 405. The molecular weight excluding hydrogens is 327 g/mol. The first kappa shape index (κ1) is 10.9. The van der Waals surface area contributed by atoms with Crippen molar-refractivity contribution in [3.8, 4) is 0 Å². The Morgan fingerprint density at radius 3 is 3.00 bits per heavy atom. The van der Waals surface area contributed by atoms with Crippen molar-refractivity contribution in [2.24, 2.45) is 0 Å². The van der Waals surface area contributed by atoms with Gasteiger partial charge in [0.15, 0.2) is 0 Å². The highest BCUT2D eigenvalue weighted by molar-refractivity contribution is 14.1. The monoisotopic (exact) mass is 336 g/mol. The maximum Gasteiger partial charge on any atom is 0.252 e. The summed E-state index contributed by atoms with van der Waals surface area (Å²) >= 11 is 3.71. The fourth-order valence-electron chi connectivity index (χ4n) is 1.41. The van der Waals surface area contributed by atoms with E-state index >= 15 is 0 Å². The summed E-state index contributed by atoms with van der Waals surface area (Å²) in [6.45, 7) is 0.534. The molecule has 15 heavy (non-hydrogen) atoms. The molecule has 1 aromatic heterocycles. The lowest BCUT2D eigenvalue weighted by Gasteiger charge is -2.08. The van der Waals surface area contributed by atoms with E-state index in [-0.39, 0.29) is 17.9 Å². The van der Waals surface area contributed by atoms with Gasteiger partial charge in [-0.25, -0.2) is 0 Å². The van der Waals surface area contributed by atoms with Crippen LogP contribution in [-0.4, -0.2) is 24.4 Å². The molecule has 2 amide bonds. The Balaban J connectivity index is 1.95. The number of carbonyl (C=O) groups excluding carboxylic acids is 2. The van der Waals surface area contributed by atoms with Crippen molar-refractivity contribution in [2.45, 2.75) is 12.5 Å². The highest BCUT2D eigenvalue weighted by atomic mass is 127. The lowest BCUT2D eigenvalue weighted by Crippen LogP contribution is -2.35. The second-order valence-electron chi connectivity index (χ2n) is 3.32. The van der Waals surface area contributed by atoms with Crippen LogP contribution in [0.25, 0.3) is 0 Å². The Hall–Kier alpha value is -0.630. The minimum atomic E-state index is -0.101. The molecule has 2 N–H and O–H groups in total. The normalized spacial score (nSPS) is 20.1. The number of nitrogens with one attached hydrogen (secondary N) is 2. The van der Waals surface area contributed by atoms with E-state index < -0.39 is 0 Å². The average Bonchev–Trinajstić information content (AvgIpc) is 2.75. The van der Waals surface area contributed by atoms with Gasteiger partial charge < -0.3 is 10.6 Å². The van der Waals surface area contributed by atoms with Gasteiger partial charge in [-0.15, -0.1) is 11.3 Å². The summed E-state index contributed by atoms with van der Waals surface area (Å²) in [5, 5.41) is 7.32. The van der Waals surface area contributed by atoms with Crippen LogP contribution in [0.1, 0.15) is 16.8 Å². The highest BCUT2D eigenvalue weighted by Crippen LogP contribution is 2.16. The Kier molecular flexibility index (Phi) is 3.25. The molecule has 1 aliphatic heterocycles. The zero-order valence-corrected chi connectivity index (χ0v) is 10.7. The van der Waals surface area contributed by atoms with Gasteiger partial charge in [-0.05, 0) is 28.7 Å². The van der Waals surface area contributed by atoms with Gasteiger partial charge in [-0.1, -0.05) is 0 Å². The minimum Gasteiger partial charge on any atom is -0.354 e. The second kappa shape index (κ2) is 4.48. The topological polar surface area (TPSA) is 58.2 Å². The van der Waals surface area contributed by atoms with Gasteiger partial charge in [0.25, 0.3) is 5.91 Å². The molecule has 0 spiro atoms. The highest BCUT2D eigenvalue weighted by Gasteiger charge is 2.23. The fourth-order valence-corrected chi connectivity index (χ4v) is 2.73. The first-order valence-corrected chi connectivity index (χ1v) is 6.42. The molecule has 0 bridgehead atoms. The maximum atomic E-state index is 11.7. The van der Waals surface area contributed by atoms with E-state index in [1.54, 1.807) is 0 Å². The summed E-state index contributed by atoms with van der Waals surface area (Å²) in [5.41, 5.74) is 0.670. The fraction of sp³-hybridized carbons (Fsp3) is 0.333. The molecule has 1 aromatic rings. The molecular formula is C9H9IN2O2S. The number of halogens is 1. The number of hydrogen-bond donors (Lipinski definition) is 2. The second-order valence-corrected chi connectivity index (χ2v) is 6.12. The van der Waals surface area contributed by atoms with Crippen molar-refractivity contribution in [3.05, 3.63) is 19.9 Å². The van der Waals surface area contributed by atoms with Crippen LogP contribution in [0.2, 0.25) is 0 Å². The summed E-state index contributed by atoms with van der Waals surface area (Å²) < 4.78 is 1.08. The number of amides is 2. The van der Waals surface area contributed by atoms with Gasteiger partial charge in [0.1, 0.15) is 0 Å². The molecule has 2 heterocycles. The Morgan fingerprint density at radius 2 is 2.47 bits per heavy atom. The summed E-state index contributed by atoms with van der Waals surface area (Å²) in [6, 6.07) is 1.77. The molecule has 1 fully saturated rings. The third-order valence-electron chi connectivity index (χ3n) is 2.14. The lowest BCUT2D eigenvalue weighted by molar-refractivity contribution is -0.119. The molecule has 0 aliphatic carbocycles. The van der Waals surface area contributed by atoms with Crippen LogP contribution in [0.15, 0.2) is 11.4 Å². The smallest absolute Gasteiger partial charge is 0.252 e. The molecule has 1 unspecified atom stereocenters. The molecule has 0 aromatic carbocycles. The predicted octanol–water partition coefficient (Wildman–Crippen LogP) is 0.971. The van der Waals surface area contributed by atoms with E-state index in [2.05, 4.69) is 33.2 Å². The summed E-state index contributed by atoms with van der Waals surface area (Å²) in [5.74, 6) is -0.101. The van der Waals surface area contributed by atoms with Crippen molar-refractivity contribution < 1.29 is 9.59 Å². The summed E-state index contributed by atoms with van der Waals surface area (Å²) in [6.07, 6.45) is 0.382. The maximum absolute atomic E-state index is 11.7. The van der Waals surface area contributed by atoms with E-state index in [0.29, 0.717) is 18.5 Å². The van der Waals surface area contributed by atoms with Gasteiger partial charge in [0, 0.05) is 18.3 Å². The van der Waals surface area contributed by atoms with E-state index in [1.165, 1.54) is 11.3 Å². The molecule has 2 rings (SSSR count). The van der Waals surface area contributed by atoms with Gasteiger partial charge >= 0.3 is 0 Å². The van der Waals surface area contributed by atoms with Gasteiger partial charge in [0.2, 0.25) is 5.91 Å².